The number of hydrogen-bond donors (Lipinski definition) is 2. The standard InChI is InChI=1S/C28H31N3O4/c1-18(24-16-15-23(34-5)17-25(24)35-6)30-31-27(33)20-9-13-22(14-10-20)29-26(32)19-7-11-21(12-8-19)28(2,3)4/h7-17H,1-6H3,(H,29,32)(H,31,33)/b30-18+. The Bertz CT molecular complexity index is 1220. The normalized spacial score (nSPS) is 11.5. The topological polar surface area (TPSA) is 89.0 Å². The fraction of sp³-hybridized carbons (Fsp3) is 0.250. The summed E-state index contributed by atoms with van der Waals surface area (Å²) in [7, 11) is 3.14. The molecular weight excluding hydrogens is 442 g/mol. The fourth-order valence-corrected chi connectivity index (χ4v) is 3.39. The first-order chi connectivity index (χ1) is 16.6. The third-order valence-corrected chi connectivity index (χ3v) is 5.54. The molecule has 0 spiro atoms. The molecule has 0 unspecified atom stereocenters. The van der Waals surface area contributed by atoms with Crippen LogP contribution in [0.2, 0.25) is 0 Å². The molecule has 0 saturated carbocycles. The van der Waals surface area contributed by atoms with Gasteiger partial charge in [0.05, 0.1) is 19.9 Å². The minimum Gasteiger partial charge on any atom is -0.497 e. The number of amides is 2. The van der Waals surface area contributed by atoms with Crippen LogP contribution in [0, 0.1) is 0 Å². The highest BCUT2D eigenvalue weighted by Gasteiger charge is 2.15. The van der Waals surface area contributed by atoms with Crippen LogP contribution in [0.3, 0.4) is 0 Å². The minimum absolute atomic E-state index is 0.0225. The Morgan fingerprint density at radius 1 is 0.800 bits per heavy atom. The van der Waals surface area contributed by atoms with Crippen LogP contribution in [0.4, 0.5) is 5.69 Å². The van der Waals surface area contributed by atoms with Crippen LogP contribution >= 0.6 is 0 Å². The van der Waals surface area contributed by atoms with E-state index in [1.165, 1.54) is 0 Å². The van der Waals surface area contributed by atoms with Crippen LogP contribution < -0.4 is 20.2 Å². The molecule has 2 amide bonds. The molecule has 3 rings (SSSR count). The van der Waals surface area contributed by atoms with Gasteiger partial charge in [0.1, 0.15) is 11.5 Å². The zero-order valence-electron chi connectivity index (χ0n) is 20.9. The first kappa shape index (κ1) is 25.5. The number of rotatable bonds is 7. The molecule has 0 aliphatic carbocycles. The van der Waals surface area contributed by atoms with Crippen LogP contribution in [0.15, 0.2) is 71.8 Å². The van der Waals surface area contributed by atoms with Crippen molar-refractivity contribution in [1.29, 1.82) is 0 Å². The fourth-order valence-electron chi connectivity index (χ4n) is 3.39. The highest BCUT2D eigenvalue weighted by atomic mass is 16.5. The smallest absolute Gasteiger partial charge is 0.271 e. The number of nitrogens with zero attached hydrogens (tertiary/aromatic N) is 1. The van der Waals surface area contributed by atoms with E-state index in [4.69, 9.17) is 9.47 Å². The van der Waals surface area contributed by atoms with Gasteiger partial charge in [-0.15, -0.1) is 0 Å². The summed E-state index contributed by atoms with van der Waals surface area (Å²) in [6.07, 6.45) is 0. The molecule has 2 N–H and O–H groups in total. The summed E-state index contributed by atoms with van der Waals surface area (Å²) < 4.78 is 10.6. The number of hydrogen-bond acceptors (Lipinski definition) is 5. The lowest BCUT2D eigenvalue weighted by Crippen LogP contribution is -2.19. The lowest BCUT2D eigenvalue weighted by atomic mass is 9.87. The maximum Gasteiger partial charge on any atom is 0.271 e. The number of anilines is 1. The third-order valence-electron chi connectivity index (χ3n) is 5.54. The minimum atomic E-state index is -0.368. The summed E-state index contributed by atoms with van der Waals surface area (Å²) >= 11 is 0. The lowest BCUT2D eigenvalue weighted by Gasteiger charge is -2.19. The predicted octanol–water partition coefficient (Wildman–Crippen LogP) is 5.41. The Kier molecular flexibility index (Phi) is 7.91. The Morgan fingerprint density at radius 2 is 1.40 bits per heavy atom. The predicted molar refractivity (Wildman–Crippen MR) is 139 cm³/mol. The highest BCUT2D eigenvalue weighted by Crippen LogP contribution is 2.25. The monoisotopic (exact) mass is 473 g/mol. The molecule has 0 aliphatic heterocycles. The summed E-state index contributed by atoms with van der Waals surface area (Å²) in [4.78, 5) is 25.1. The Labute approximate surface area is 206 Å². The van der Waals surface area contributed by atoms with Crippen LogP contribution in [0.5, 0.6) is 11.5 Å². The SMILES string of the molecule is COc1ccc(/C(C)=N/NC(=O)c2ccc(NC(=O)c3ccc(C(C)(C)C)cc3)cc2)c(OC)c1. The van der Waals surface area contributed by atoms with Crippen molar-refractivity contribution in [2.75, 3.05) is 19.5 Å². The molecule has 0 aromatic heterocycles. The number of nitrogens with one attached hydrogen (secondary N) is 2. The molecule has 0 aliphatic rings. The van der Waals surface area contributed by atoms with E-state index in [1.807, 2.05) is 30.3 Å². The second kappa shape index (κ2) is 10.9. The van der Waals surface area contributed by atoms with Crippen molar-refractivity contribution in [2.45, 2.75) is 33.1 Å². The summed E-state index contributed by atoms with van der Waals surface area (Å²) in [6.45, 7) is 8.16. The van der Waals surface area contributed by atoms with Gasteiger partial charge in [0.25, 0.3) is 11.8 Å². The number of ether oxygens (including phenoxy) is 2. The molecule has 7 nitrogen and oxygen atoms in total. The Hall–Kier alpha value is -4.13. The van der Waals surface area contributed by atoms with Gasteiger partial charge in [-0.1, -0.05) is 32.9 Å². The molecular formula is C28H31N3O4. The van der Waals surface area contributed by atoms with E-state index in [1.54, 1.807) is 57.5 Å². The van der Waals surface area contributed by atoms with Gasteiger partial charge in [0.2, 0.25) is 0 Å². The van der Waals surface area contributed by atoms with Crippen LogP contribution in [0.1, 0.15) is 59.5 Å². The van der Waals surface area contributed by atoms with Gasteiger partial charge in [-0.05, 0) is 66.4 Å². The highest BCUT2D eigenvalue weighted by molar-refractivity contribution is 6.05. The molecule has 0 saturated heterocycles. The average Bonchev–Trinajstić information content (AvgIpc) is 2.86. The molecule has 0 radical (unpaired) electrons. The lowest BCUT2D eigenvalue weighted by molar-refractivity contribution is 0.0954. The Morgan fingerprint density at radius 3 is 1.97 bits per heavy atom. The second-order valence-corrected chi connectivity index (χ2v) is 9.06. The molecule has 0 bridgehead atoms. The number of carbonyl (C=O) groups excluding carboxylic acids is 2. The van der Waals surface area contributed by atoms with E-state index in [0.29, 0.717) is 34.0 Å². The maximum atomic E-state index is 12.6. The third kappa shape index (κ3) is 6.47. The van der Waals surface area contributed by atoms with E-state index >= 15 is 0 Å². The second-order valence-electron chi connectivity index (χ2n) is 9.06. The summed E-state index contributed by atoms with van der Waals surface area (Å²) in [5.74, 6) is 0.674. The van der Waals surface area contributed by atoms with Gasteiger partial charge >= 0.3 is 0 Å². The van der Waals surface area contributed by atoms with Crippen molar-refractivity contribution in [1.82, 2.24) is 5.43 Å². The molecule has 3 aromatic carbocycles. The van der Waals surface area contributed by atoms with Crippen molar-refractivity contribution in [3.05, 3.63) is 89.0 Å². The summed E-state index contributed by atoms with van der Waals surface area (Å²) in [6, 6.07) is 19.5. The van der Waals surface area contributed by atoms with Gasteiger partial charge in [-0.3, -0.25) is 9.59 Å². The van der Waals surface area contributed by atoms with Gasteiger partial charge in [0.15, 0.2) is 0 Å². The number of methoxy groups -OCH3 is 2. The zero-order chi connectivity index (χ0) is 25.6. The van der Waals surface area contributed by atoms with Gasteiger partial charge in [0, 0.05) is 28.4 Å². The molecule has 0 atom stereocenters. The molecule has 35 heavy (non-hydrogen) atoms. The van der Waals surface area contributed by atoms with Crippen molar-refractivity contribution in [3.8, 4) is 11.5 Å². The van der Waals surface area contributed by atoms with Crippen molar-refractivity contribution >= 4 is 23.2 Å². The first-order valence-electron chi connectivity index (χ1n) is 11.2. The average molecular weight is 474 g/mol. The van der Waals surface area contributed by atoms with Crippen molar-refractivity contribution < 1.29 is 19.1 Å². The van der Waals surface area contributed by atoms with Crippen molar-refractivity contribution in [3.63, 3.8) is 0 Å². The van der Waals surface area contributed by atoms with E-state index < -0.39 is 0 Å². The van der Waals surface area contributed by atoms with Gasteiger partial charge in [-0.2, -0.15) is 5.10 Å². The quantitative estimate of drug-likeness (QED) is 0.355. The summed E-state index contributed by atoms with van der Waals surface area (Å²) in [5, 5.41) is 7.05. The molecule has 182 valence electrons. The molecule has 7 heteroatoms. The van der Waals surface area contributed by atoms with E-state index in [0.717, 1.165) is 11.1 Å². The maximum absolute atomic E-state index is 12.6. The van der Waals surface area contributed by atoms with Crippen LogP contribution in [-0.2, 0) is 5.41 Å². The van der Waals surface area contributed by atoms with Crippen LogP contribution in [0.25, 0.3) is 0 Å². The van der Waals surface area contributed by atoms with E-state index in [9.17, 15) is 9.59 Å². The van der Waals surface area contributed by atoms with E-state index in [-0.39, 0.29) is 17.2 Å². The number of hydrazone groups is 1. The first-order valence-corrected chi connectivity index (χ1v) is 11.2. The molecule has 0 heterocycles. The van der Waals surface area contributed by atoms with Gasteiger partial charge < -0.3 is 14.8 Å². The molecule has 0 fully saturated rings. The van der Waals surface area contributed by atoms with Gasteiger partial charge in [-0.25, -0.2) is 5.43 Å². The number of benzene rings is 3. The largest absolute Gasteiger partial charge is 0.497 e. The number of carbonyl (C=O) groups is 2. The zero-order valence-corrected chi connectivity index (χ0v) is 20.9. The summed E-state index contributed by atoms with van der Waals surface area (Å²) in [5.41, 5.74) is 6.63. The van der Waals surface area contributed by atoms with E-state index in [2.05, 4.69) is 36.6 Å². The molecule has 3 aromatic rings. The van der Waals surface area contributed by atoms with Crippen LogP contribution in [-0.4, -0.2) is 31.7 Å². The Balaban J connectivity index is 1.63. The van der Waals surface area contributed by atoms with Crippen molar-refractivity contribution in [2.24, 2.45) is 5.10 Å².